The summed E-state index contributed by atoms with van der Waals surface area (Å²) in [5, 5.41) is 9.39. The van der Waals surface area contributed by atoms with E-state index in [1.54, 1.807) is 0 Å². The Morgan fingerprint density at radius 2 is 2.10 bits per heavy atom. The Morgan fingerprint density at radius 3 is 2.60 bits per heavy atom. The quantitative estimate of drug-likeness (QED) is 0.870. The maximum Gasteiger partial charge on any atom is 0.234 e. The highest BCUT2D eigenvalue weighted by Gasteiger charge is 2.32. The Hall–Kier alpha value is -2.38. The van der Waals surface area contributed by atoms with Gasteiger partial charge in [0.2, 0.25) is 5.91 Å². The summed E-state index contributed by atoms with van der Waals surface area (Å²) in [6.07, 6.45) is 6.53. The lowest BCUT2D eigenvalue weighted by Crippen LogP contribution is -2.40. The largest absolute Gasteiger partial charge is 0.368 e. The molecular weight excluding hydrogens is 250 g/mol. The highest BCUT2D eigenvalue weighted by atomic mass is 16.1. The van der Waals surface area contributed by atoms with Crippen molar-refractivity contribution in [1.29, 1.82) is 5.26 Å². The predicted octanol–water partition coefficient (Wildman–Crippen LogP) is 1.74. The molecule has 0 bridgehead atoms. The molecule has 1 aromatic carbocycles. The van der Waals surface area contributed by atoms with Gasteiger partial charge in [0.15, 0.2) is 0 Å². The molecule has 0 aromatic heterocycles. The van der Waals surface area contributed by atoms with Crippen LogP contribution in [-0.2, 0) is 4.79 Å². The zero-order valence-corrected chi connectivity index (χ0v) is 11.1. The number of nitriles is 1. The van der Waals surface area contributed by atoms with Gasteiger partial charge in [0.1, 0.15) is 0 Å². The standard InChI is InChI=1S/C16H17N3O/c17-11-16(10-14(18)15(19)20)8-6-13(7-9-16)12-4-2-1-3-5-12/h1-8,14H,9-10,18H2,(H2,19,20). The summed E-state index contributed by atoms with van der Waals surface area (Å²) in [4.78, 5) is 11.1. The highest BCUT2D eigenvalue weighted by molar-refractivity contribution is 5.80. The average molecular weight is 267 g/mol. The van der Waals surface area contributed by atoms with Gasteiger partial charge in [-0.2, -0.15) is 5.26 Å². The monoisotopic (exact) mass is 267 g/mol. The fourth-order valence-corrected chi connectivity index (χ4v) is 2.30. The number of primary amides is 1. The molecule has 0 heterocycles. The molecule has 0 aliphatic heterocycles. The molecule has 1 aromatic rings. The van der Waals surface area contributed by atoms with E-state index >= 15 is 0 Å². The molecule has 4 heteroatoms. The minimum absolute atomic E-state index is 0.244. The van der Waals surface area contributed by atoms with Crippen molar-refractivity contribution >= 4 is 11.5 Å². The van der Waals surface area contributed by atoms with E-state index in [9.17, 15) is 10.1 Å². The van der Waals surface area contributed by atoms with Gasteiger partial charge in [0, 0.05) is 0 Å². The highest BCUT2D eigenvalue weighted by Crippen LogP contribution is 2.36. The predicted molar refractivity (Wildman–Crippen MR) is 78.0 cm³/mol. The van der Waals surface area contributed by atoms with Crippen molar-refractivity contribution < 1.29 is 4.79 Å². The van der Waals surface area contributed by atoms with Crippen LogP contribution >= 0.6 is 0 Å². The summed E-state index contributed by atoms with van der Waals surface area (Å²) in [7, 11) is 0. The third kappa shape index (κ3) is 2.95. The van der Waals surface area contributed by atoms with Crippen LogP contribution in [0.5, 0.6) is 0 Å². The van der Waals surface area contributed by atoms with Crippen LogP contribution in [0.4, 0.5) is 0 Å². The van der Waals surface area contributed by atoms with Gasteiger partial charge in [0.05, 0.1) is 17.5 Å². The number of carbonyl (C=O) groups excluding carboxylic acids is 1. The molecule has 20 heavy (non-hydrogen) atoms. The fourth-order valence-electron chi connectivity index (χ4n) is 2.30. The first kappa shape index (κ1) is 14.0. The molecule has 4 nitrogen and oxygen atoms in total. The Morgan fingerprint density at radius 1 is 1.40 bits per heavy atom. The third-order valence-corrected chi connectivity index (χ3v) is 3.55. The van der Waals surface area contributed by atoms with Crippen LogP contribution in [0.15, 0.2) is 48.6 Å². The van der Waals surface area contributed by atoms with Gasteiger partial charge in [-0.3, -0.25) is 4.79 Å². The van der Waals surface area contributed by atoms with E-state index in [1.807, 2.05) is 48.6 Å². The first-order valence-corrected chi connectivity index (χ1v) is 6.47. The van der Waals surface area contributed by atoms with Gasteiger partial charge >= 0.3 is 0 Å². The van der Waals surface area contributed by atoms with Crippen molar-refractivity contribution in [1.82, 2.24) is 0 Å². The minimum atomic E-state index is -0.800. The number of nitrogens with two attached hydrogens (primary N) is 2. The molecule has 102 valence electrons. The lowest BCUT2D eigenvalue weighted by atomic mass is 9.76. The fraction of sp³-hybridized carbons (Fsp3) is 0.250. The molecule has 1 aliphatic carbocycles. The normalized spacial score (nSPS) is 22.7. The van der Waals surface area contributed by atoms with E-state index in [-0.39, 0.29) is 6.42 Å². The Kier molecular flexibility index (Phi) is 4.02. The summed E-state index contributed by atoms with van der Waals surface area (Å²) in [6, 6.07) is 11.4. The topological polar surface area (TPSA) is 92.9 Å². The SMILES string of the molecule is N#CC1(CC(N)C(N)=O)C=CC(c2ccccc2)=CC1. The summed E-state index contributed by atoms with van der Waals surface area (Å²) in [5.41, 5.74) is 12.3. The van der Waals surface area contributed by atoms with Gasteiger partial charge in [-0.1, -0.05) is 48.6 Å². The van der Waals surface area contributed by atoms with Crippen LogP contribution in [0.25, 0.3) is 5.57 Å². The molecular formula is C16H17N3O. The first-order valence-electron chi connectivity index (χ1n) is 6.47. The van der Waals surface area contributed by atoms with E-state index in [4.69, 9.17) is 11.5 Å². The number of hydrogen-bond acceptors (Lipinski definition) is 3. The molecule has 2 atom stereocenters. The van der Waals surface area contributed by atoms with Crippen molar-refractivity contribution in [3.05, 3.63) is 54.1 Å². The lowest BCUT2D eigenvalue weighted by Gasteiger charge is -2.27. The Bertz CT molecular complexity index is 598. The molecule has 0 spiro atoms. The van der Waals surface area contributed by atoms with Crippen molar-refractivity contribution in [3.8, 4) is 6.07 Å². The second-order valence-corrected chi connectivity index (χ2v) is 5.04. The number of benzene rings is 1. The van der Waals surface area contributed by atoms with Crippen LogP contribution in [0.2, 0.25) is 0 Å². The summed E-state index contributed by atoms with van der Waals surface area (Å²) >= 11 is 0. The molecule has 0 saturated carbocycles. The second kappa shape index (κ2) is 5.72. The van der Waals surface area contributed by atoms with E-state index < -0.39 is 17.4 Å². The van der Waals surface area contributed by atoms with Crippen molar-refractivity contribution in [2.75, 3.05) is 0 Å². The molecule has 1 amide bonds. The number of allylic oxidation sites excluding steroid dienone is 4. The Labute approximate surface area is 118 Å². The Balaban J connectivity index is 2.16. The zero-order chi connectivity index (χ0) is 14.6. The van der Waals surface area contributed by atoms with Crippen LogP contribution in [0.3, 0.4) is 0 Å². The van der Waals surface area contributed by atoms with Crippen LogP contribution in [-0.4, -0.2) is 11.9 Å². The van der Waals surface area contributed by atoms with Crippen LogP contribution in [0.1, 0.15) is 18.4 Å². The molecule has 1 aliphatic rings. The van der Waals surface area contributed by atoms with Gasteiger partial charge < -0.3 is 11.5 Å². The van der Waals surface area contributed by atoms with Crippen molar-refractivity contribution in [2.24, 2.45) is 16.9 Å². The number of rotatable bonds is 4. The van der Waals surface area contributed by atoms with Crippen molar-refractivity contribution in [2.45, 2.75) is 18.9 Å². The molecule has 0 radical (unpaired) electrons. The maximum atomic E-state index is 11.1. The third-order valence-electron chi connectivity index (χ3n) is 3.55. The summed E-state index contributed by atoms with van der Waals surface area (Å²) in [6.45, 7) is 0. The zero-order valence-electron chi connectivity index (χ0n) is 11.1. The van der Waals surface area contributed by atoms with Crippen LogP contribution < -0.4 is 11.5 Å². The molecule has 0 fully saturated rings. The number of hydrogen-bond donors (Lipinski definition) is 2. The molecule has 4 N–H and O–H groups in total. The molecule has 0 saturated heterocycles. The minimum Gasteiger partial charge on any atom is -0.368 e. The summed E-state index contributed by atoms with van der Waals surface area (Å²) in [5.74, 6) is -0.578. The van der Waals surface area contributed by atoms with Crippen LogP contribution in [0, 0.1) is 16.7 Å². The number of carbonyl (C=O) groups is 1. The average Bonchev–Trinajstić information content (AvgIpc) is 2.48. The lowest BCUT2D eigenvalue weighted by molar-refractivity contribution is -0.119. The number of nitrogens with zero attached hydrogens (tertiary/aromatic N) is 1. The van der Waals surface area contributed by atoms with E-state index in [2.05, 4.69) is 6.07 Å². The van der Waals surface area contributed by atoms with Gasteiger partial charge in [-0.25, -0.2) is 0 Å². The first-order chi connectivity index (χ1) is 9.56. The van der Waals surface area contributed by atoms with Crippen molar-refractivity contribution in [3.63, 3.8) is 0 Å². The maximum absolute atomic E-state index is 11.1. The molecule has 2 rings (SSSR count). The van der Waals surface area contributed by atoms with Gasteiger partial charge in [-0.15, -0.1) is 0 Å². The van der Waals surface area contributed by atoms with E-state index in [0.717, 1.165) is 11.1 Å². The summed E-state index contributed by atoms with van der Waals surface area (Å²) < 4.78 is 0. The van der Waals surface area contributed by atoms with Gasteiger partial charge in [0.25, 0.3) is 0 Å². The second-order valence-electron chi connectivity index (χ2n) is 5.04. The van der Waals surface area contributed by atoms with Gasteiger partial charge in [-0.05, 0) is 24.0 Å². The van der Waals surface area contributed by atoms with E-state index in [1.165, 1.54) is 0 Å². The smallest absolute Gasteiger partial charge is 0.234 e. The van der Waals surface area contributed by atoms with E-state index in [0.29, 0.717) is 6.42 Å². The molecule has 2 unspecified atom stereocenters. The number of amides is 1.